The smallest absolute Gasteiger partial charge is 0.187 e. The molecule has 9 rings (SSSR count). The zero-order chi connectivity index (χ0) is 32.1. The summed E-state index contributed by atoms with van der Waals surface area (Å²) in [6.45, 7) is 17.3. The Bertz CT molecular complexity index is 2300. The second-order valence-electron chi connectivity index (χ2n) is 15.3. The van der Waals surface area contributed by atoms with Crippen molar-refractivity contribution < 1.29 is 0 Å². The first-order valence-corrected chi connectivity index (χ1v) is 17.2. The monoisotopic (exact) mass is 608 g/mol. The molecule has 1 fully saturated rings. The van der Waals surface area contributed by atoms with Crippen LogP contribution in [0.4, 0.5) is 17.1 Å². The second kappa shape index (κ2) is 9.82. The van der Waals surface area contributed by atoms with Crippen molar-refractivity contribution in [2.75, 3.05) is 4.90 Å². The summed E-state index contributed by atoms with van der Waals surface area (Å²) in [5.74, 6) is 0. The van der Waals surface area contributed by atoms with E-state index in [4.69, 9.17) is 6.57 Å². The number of anilines is 2. The van der Waals surface area contributed by atoms with Gasteiger partial charge >= 0.3 is 0 Å². The van der Waals surface area contributed by atoms with Gasteiger partial charge < -0.3 is 4.90 Å². The Kier molecular flexibility index (Phi) is 5.93. The molecular weight excluding hydrogens is 569 g/mol. The van der Waals surface area contributed by atoms with Crippen LogP contribution in [-0.4, -0.2) is 5.54 Å². The van der Waals surface area contributed by atoms with Crippen molar-refractivity contribution in [2.24, 2.45) is 5.41 Å². The number of rotatable bonds is 2. The summed E-state index contributed by atoms with van der Waals surface area (Å²) >= 11 is 0. The van der Waals surface area contributed by atoms with Gasteiger partial charge in [0, 0.05) is 22.3 Å². The van der Waals surface area contributed by atoms with Gasteiger partial charge in [-0.3, -0.25) is 0 Å². The molecule has 1 heterocycles. The molecule has 2 aliphatic carbocycles. The van der Waals surface area contributed by atoms with Crippen LogP contribution in [-0.2, 0) is 11.8 Å². The minimum Gasteiger partial charge on any atom is -0.335 e. The van der Waals surface area contributed by atoms with Crippen LogP contribution in [0.25, 0.3) is 48.6 Å². The number of hydrogen-bond acceptors (Lipinski definition) is 1. The van der Waals surface area contributed by atoms with Crippen LogP contribution < -0.4 is 4.90 Å². The average molecular weight is 609 g/mol. The second-order valence-corrected chi connectivity index (χ2v) is 15.3. The highest BCUT2D eigenvalue weighted by Gasteiger charge is 2.53. The van der Waals surface area contributed by atoms with Crippen molar-refractivity contribution in [1.82, 2.24) is 0 Å². The highest BCUT2D eigenvalue weighted by Crippen LogP contribution is 2.58. The van der Waals surface area contributed by atoms with E-state index >= 15 is 0 Å². The van der Waals surface area contributed by atoms with E-state index in [2.05, 4.69) is 135 Å². The molecule has 47 heavy (non-hydrogen) atoms. The molecule has 1 saturated carbocycles. The van der Waals surface area contributed by atoms with Crippen molar-refractivity contribution >= 4 is 38.6 Å². The molecule has 3 aliphatic rings. The van der Waals surface area contributed by atoms with Gasteiger partial charge in [-0.25, -0.2) is 4.85 Å². The molecule has 0 amide bonds. The van der Waals surface area contributed by atoms with E-state index in [1.807, 2.05) is 12.1 Å². The quantitative estimate of drug-likeness (QED) is 0.140. The van der Waals surface area contributed by atoms with Crippen LogP contribution in [0.1, 0.15) is 70.1 Å². The molecule has 0 saturated heterocycles. The SMILES string of the molecule is [C-]#[N+]c1ccc(N2c3ccc(-c4ccc5c(c4)C(C)(C)c4ccc6c(ccc7ccccc76)c4-5)cc3CC3(C)CCCCC23C)cc1. The van der Waals surface area contributed by atoms with Crippen LogP contribution in [0.2, 0.25) is 0 Å². The summed E-state index contributed by atoms with van der Waals surface area (Å²) in [7, 11) is 0. The maximum atomic E-state index is 7.48. The maximum absolute atomic E-state index is 7.48. The predicted molar refractivity (Wildman–Crippen MR) is 198 cm³/mol. The first kappa shape index (κ1) is 28.4. The molecular formula is C45H40N2. The lowest BCUT2D eigenvalue weighted by molar-refractivity contribution is 0.0863. The van der Waals surface area contributed by atoms with Gasteiger partial charge in [0.1, 0.15) is 0 Å². The first-order chi connectivity index (χ1) is 22.7. The van der Waals surface area contributed by atoms with Gasteiger partial charge in [0.05, 0.1) is 6.57 Å². The van der Waals surface area contributed by atoms with E-state index in [1.165, 1.54) is 97.5 Å². The van der Waals surface area contributed by atoms with E-state index < -0.39 is 0 Å². The van der Waals surface area contributed by atoms with E-state index in [-0.39, 0.29) is 16.4 Å². The predicted octanol–water partition coefficient (Wildman–Crippen LogP) is 12.6. The summed E-state index contributed by atoms with van der Waals surface area (Å²) in [6.07, 6.45) is 6.05. The molecule has 0 spiro atoms. The van der Waals surface area contributed by atoms with Crippen molar-refractivity contribution in [1.29, 1.82) is 0 Å². The Balaban J connectivity index is 1.17. The van der Waals surface area contributed by atoms with Crippen LogP contribution in [0.15, 0.2) is 109 Å². The summed E-state index contributed by atoms with van der Waals surface area (Å²) in [6, 6.07) is 40.7. The van der Waals surface area contributed by atoms with E-state index in [0.717, 1.165) is 6.42 Å². The number of fused-ring (bicyclic) bond motifs is 9. The van der Waals surface area contributed by atoms with Crippen molar-refractivity contribution in [3.05, 3.63) is 137 Å². The number of hydrogen-bond donors (Lipinski definition) is 0. The molecule has 2 heteroatoms. The number of nitrogens with zero attached hydrogens (tertiary/aromatic N) is 2. The molecule has 6 aromatic carbocycles. The third kappa shape index (κ3) is 3.90. The average Bonchev–Trinajstić information content (AvgIpc) is 3.32. The van der Waals surface area contributed by atoms with Crippen LogP contribution in [0, 0.1) is 12.0 Å². The fourth-order valence-electron chi connectivity index (χ4n) is 9.63. The van der Waals surface area contributed by atoms with E-state index in [1.54, 1.807) is 0 Å². The van der Waals surface area contributed by atoms with Crippen molar-refractivity contribution in [3.8, 4) is 22.3 Å². The lowest BCUT2D eigenvalue weighted by Crippen LogP contribution is -2.60. The van der Waals surface area contributed by atoms with Crippen LogP contribution >= 0.6 is 0 Å². The fourth-order valence-corrected chi connectivity index (χ4v) is 9.63. The van der Waals surface area contributed by atoms with Gasteiger partial charge in [-0.05, 0) is 122 Å². The zero-order valence-corrected chi connectivity index (χ0v) is 27.8. The van der Waals surface area contributed by atoms with Gasteiger partial charge in [-0.15, -0.1) is 0 Å². The molecule has 6 aromatic rings. The lowest BCUT2D eigenvalue weighted by Gasteiger charge is -2.60. The molecule has 0 aromatic heterocycles. The summed E-state index contributed by atoms with van der Waals surface area (Å²) in [5, 5.41) is 5.30. The van der Waals surface area contributed by atoms with E-state index in [0.29, 0.717) is 5.69 Å². The largest absolute Gasteiger partial charge is 0.335 e. The topological polar surface area (TPSA) is 7.60 Å². The molecule has 0 radical (unpaired) electrons. The third-order valence-electron chi connectivity index (χ3n) is 12.5. The summed E-state index contributed by atoms with van der Waals surface area (Å²) in [5.41, 5.74) is 12.9. The third-order valence-corrected chi connectivity index (χ3v) is 12.5. The number of benzene rings is 6. The minimum atomic E-state index is -0.0829. The highest BCUT2D eigenvalue weighted by molar-refractivity contribution is 6.14. The van der Waals surface area contributed by atoms with Gasteiger partial charge in [0.2, 0.25) is 0 Å². The molecule has 230 valence electrons. The Hall–Kier alpha value is -4.87. The summed E-state index contributed by atoms with van der Waals surface area (Å²) in [4.78, 5) is 6.29. The molecule has 2 unspecified atom stereocenters. The minimum absolute atomic E-state index is 0.0247. The normalized spacial score (nSPS) is 22.3. The first-order valence-electron chi connectivity index (χ1n) is 17.2. The Morgan fingerprint density at radius 1 is 0.660 bits per heavy atom. The van der Waals surface area contributed by atoms with E-state index in [9.17, 15) is 0 Å². The van der Waals surface area contributed by atoms with Crippen molar-refractivity contribution in [2.45, 2.75) is 70.8 Å². The summed E-state index contributed by atoms with van der Waals surface area (Å²) < 4.78 is 0. The molecule has 2 atom stereocenters. The molecule has 0 bridgehead atoms. The lowest BCUT2D eigenvalue weighted by atomic mass is 9.57. The van der Waals surface area contributed by atoms with Gasteiger partial charge in [-0.1, -0.05) is 112 Å². The van der Waals surface area contributed by atoms with Gasteiger partial charge in [-0.2, -0.15) is 0 Å². The standard InChI is InChI=1S/C45H40N2/c1-43(2)39-22-21-36-35-11-7-6-10-29(35)12-19-37(36)42(39)38-20-13-31(27-40(38)43)30-14-23-41-32(26-30)28-44(3)24-8-9-25-45(44,4)47(41)34-17-15-33(46-5)16-18-34/h6-7,10-23,26-27H,8-9,24-25,28H2,1-4H3. The Morgan fingerprint density at radius 3 is 2.23 bits per heavy atom. The van der Waals surface area contributed by atoms with Crippen molar-refractivity contribution in [3.63, 3.8) is 0 Å². The zero-order valence-electron chi connectivity index (χ0n) is 27.8. The molecule has 2 nitrogen and oxygen atoms in total. The van der Waals surface area contributed by atoms with Crippen LogP contribution in [0.3, 0.4) is 0 Å². The van der Waals surface area contributed by atoms with Gasteiger partial charge in [0.15, 0.2) is 5.69 Å². The molecule has 1 aliphatic heterocycles. The Labute approximate surface area is 278 Å². The van der Waals surface area contributed by atoms with Crippen LogP contribution in [0.5, 0.6) is 0 Å². The molecule has 0 N–H and O–H groups in total. The van der Waals surface area contributed by atoms with Gasteiger partial charge in [0.25, 0.3) is 0 Å². The fraction of sp³-hybridized carbons (Fsp3) is 0.267. The Morgan fingerprint density at radius 2 is 1.40 bits per heavy atom. The maximum Gasteiger partial charge on any atom is 0.187 e. The highest BCUT2D eigenvalue weighted by atomic mass is 15.2.